The second-order valence-electron chi connectivity index (χ2n) is 6.61. The maximum Gasteiger partial charge on any atom is 0.343 e. The van der Waals surface area contributed by atoms with Crippen molar-refractivity contribution in [2.45, 2.75) is 6.92 Å². The highest BCUT2D eigenvalue weighted by Crippen LogP contribution is 2.23. The number of benzene rings is 3. The Kier molecular flexibility index (Phi) is 6.54. The summed E-state index contributed by atoms with van der Waals surface area (Å²) in [5.41, 5.74) is 2.82. The molecule has 152 valence electrons. The molecule has 0 atom stereocenters. The van der Waals surface area contributed by atoms with Crippen LogP contribution in [-0.4, -0.2) is 26.0 Å². The second kappa shape index (κ2) is 9.47. The van der Waals surface area contributed by atoms with E-state index < -0.39 is 11.9 Å². The van der Waals surface area contributed by atoms with Crippen molar-refractivity contribution in [1.82, 2.24) is 0 Å². The van der Waals surface area contributed by atoms with Crippen LogP contribution < -0.4 is 14.4 Å². The Morgan fingerprint density at radius 2 is 1.17 bits per heavy atom. The molecule has 0 bridgehead atoms. The maximum absolute atomic E-state index is 12.3. The molecule has 0 N–H and O–H groups in total. The third kappa shape index (κ3) is 5.75. The van der Waals surface area contributed by atoms with Crippen LogP contribution in [0.25, 0.3) is 0 Å². The van der Waals surface area contributed by atoms with Gasteiger partial charge in [0.25, 0.3) is 0 Å². The van der Waals surface area contributed by atoms with Gasteiger partial charge in [0, 0.05) is 26.7 Å². The number of nitrogens with zero attached hydrogens (tertiary/aromatic N) is 3. The fourth-order valence-electron chi connectivity index (χ4n) is 2.50. The van der Waals surface area contributed by atoms with Gasteiger partial charge in [-0.05, 0) is 72.8 Å². The van der Waals surface area contributed by atoms with E-state index in [-0.39, 0.29) is 0 Å². The molecule has 3 aromatic rings. The second-order valence-corrected chi connectivity index (χ2v) is 6.61. The Bertz CT molecular complexity index is 1040. The normalized spacial score (nSPS) is 10.6. The van der Waals surface area contributed by atoms with E-state index in [0.29, 0.717) is 22.7 Å². The molecule has 7 nitrogen and oxygen atoms in total. The molecule has 0 fully saturated rings. The molecular formula is C23H21N3O4. The number of ether oxygens (including phenoxy) is 2. The number of carbonyl (C=O) groups excluding carboxylic acids is 2. The summed E-state index contributed by atoms with van der Waals surface area (Å²) in [6.07, 6.45) is 0. The Morgan fingerprint density at radius 1 is 0.700 bits per heavy atom. The predicted molar refractivity (Wildman–Crippen MR) is 114 cm³/mol. The van der Waals surface area contributed by atoms with E-state index in [4.69, 9.17) is 9.47 Å². The van der Waals surface area contributed by atoms with Crippen LogP contribution in [-0.2, 0) is 4.79 Å². The van der Waals surface area contributed by atoms with Crippen molar-refractivity contribution in [1.29, 1.82) is 0 Å². The number of hydrogen-bond donors (Lipinski definition) is 0. The summed E-state index contributed by atoms with van der Waals surface area (Å²) in [5.74, 6) is -0.185. The van der Waals surface area contributed by atoms with Gasteiger partial charge in [-0.1, -0.05) is 0 Å². The SMILES string of the molecule is CC(=O)Oc1ccc(OC(=O)c2ccc(N=Nc3ccc(N(C)C)cc3)cc2)cc1. The first-order chi connectivity index (χ1) is 14.4. The van der Waals surface area contributed by atoms with Crippen LogP contribution in [0.15, 0.2) is 83.0 Å². The van der Waals surface area contributed by atoms with E-state index in [9.17, 15) is 9.59 Å². The molecule has 0 spiro atoms. The van der Waals surface area contributed by atoms with Crippen molar-refractivity contribution in [2.24, 2.45) is 10.2 Å². The smallest absolute Gasteiger partial charge is 0.343 e. The van der Waals surface area contributed by atoms with Crippen molar-refractivity contribution in [3.63, 3.8) is 0 Å². The molecule has 30 heavy (non-hydrogen) atoms. The van der Waals surface area contributed by atoms with Gasteiger partial charge < -0.3 is 14.4 Å². The zero-order valence-electron chi connectivity index (χ0n) is 16.9. The standard InChI is InChI=1S/C23H21N3O4/c1-16(27)29-21-12-14-22(15-13-21)30-23(28)17-4-6-18(7-5-17)24-25-19-8-10-20(11-9-19)26(2)3/h4-15H,1-3H3. The van der Waals surface area contributed by atoms with Crippen molar-refractivity contribution < 1.29 is 19.1 Å². The van der Waals surface area contributed by atoms with Crippen LogP contribution in [0.3, 0.4) is 0 Å². The summed E-state index contributed by atoms with van der Waals surface area (Å²) in [4.78, 5) is 25.2. The third-order valence-corrected chi connectivity index (χ3v) is 4.05. The van der Waals surface area contributed by atoms with Crippen molar-refractivity contribution in [3.05, 3.63) is 78.4 Å². The van der Waals surface area contributed by atoms with Gasteiger partial charge in [0.15, 0.2) is 0 Å². The van der Waals surface area contributed by atoms with Gasteiger partial charge in [-0.15, -0.1) is 0 Å². The molecular weight excluding hydrogens is 382 g/mol. The van der Waals surface area contributed by atoms with Gasteiger partial charge in [0.1, 0.15) is 11.5 Å². The molecule has 0 aliphatic rings. The zero-order valence-corrected chi connectivity index (χ0v) is 16.9. The summed E-state index contributed by atoms with van der Waals surface area (Å²) < 4.78 is 10.3. The van der Waals surface area contributed by atoms with E-state index in [1.54, 1.807) is 48.5 Å². The van der Waals surface area contributed by atoms with Crippen LogP contribution in [0.1, 0.15) is 17.3 Å². The molecule has 0 radical (unpaired) electrons. The number of rotatable bonds is 6. The molecule has 0 aliphatic heterocycles. The van der Waals surface area contributed by atoms with Crippen LogP contribution in [0.5, 0.6) is 11.5 Å². The fourth-order valence-corrected chi connectivity index (χ4v) is 2.50. The molecule has 0 aromatic heterocycles. The third-order valence-electron chi connectivity index (χ3n) is 4.05. The van der Waals surface area contributed by atoms with Crippen LogP contribution in [0.4, 0.5) is 17.1 Å². The first-order valence-corrected chi connectivity index (χ1v) is 9.20. The maximum atomic E-state index is 12.3. The average molecular weight is 403 g/mol. The molecule has 0 unspecified atom stereocenters. The topological polar surface area (TPSA) is 80.6 Å². The minimum absolute atomic E-state index is 0.348. The lowest BCUT2D eigenvalue weighted by Gasteiger charge is -2.11. The first-order valence-electron chi connectivity index (χ1n) is 9.20. The van der Waals surface area contributed by atoms with Crippen LogP contribution >= 0.6 is 0 Å². The Hall–Kier alpha value is -4.00. The highest BCUT2D eigenvalue weighted by molar-refractivity contribution is 5.91. The average Bonchev–Trinajstić information content (AvgIpc) is 2.74. The Balaban J connectivity index is 1.60. The molecule has 7 heteroatoms. The molecule has 0 amide bonds. The van der Waals surface area contributed by atoms with Gasteiger partial charge in [-0.3, -0.25) is 4.79 Å². The molecule has 3 rings (SSSR count). The summed E-state index contributed by atoms with van der Waals surface area (Å²) in [5, 5.41) is 8.39. The van der Waals surface area contributed by atoms with Crippen LogP contribution in [0.2, 0.25) is 0 Å². The van der Waals surface area contributed by atoms with E-state index in [1.807, 2.05) is 43.3 Å². The lowest BCUT2D eigenvalue weighted by Crippen LogP contribution is -2.08. The van der Waals surface area contributed by atoms with E-state index >= 15 is 0 Å². The van der Waals surface area contributed by atoms with Crippen LogP contribution in [0, 0.1) is 0 Å². The largest absolute Gasteiger partial charge is 0.427 e. The number of azo groups is 1. The zero-order chi connectivity index (χ0) is 21.5. The number of carbonyl (C=O) groups is 2. The van der Waals surface area contributed by atoms with Gasteiger partial charge in [0.2, 0.25) is 0 Å². The lowest BCUT2D eigenvalue weighted by molar-refractivity contribution is -0.131. The van der Waals surface area contributed by atoms with Gasteiger partial charge in [-0.2, -0.15) is 10.2 Å². The summed E-state index contributed by atoms with van der Waals surface area (Å²) >= 11 is 0. The van der Waals surface area contributed by atoms with E-state index in [0.717, 1.165) is 11.4 Å². The molecule has 0 aliphatic carbocycles. The summed E-state index contributed by atoms with van der Waals surface area (Å²) in [6.45, 7) is 1.32. The van der Waals surface area contributed by atoms with Crippen molar-refractivity contribution in [3.8, 4) is 11.5 Å². The minimum atomic E-state index is -0.502. The monoisotopic (exact) mass is 403 g/mol. The summed E-state index contributed by atoms with van der Waals surface area (Å²) in [6, 6.07) is 20.6. The Morgan fingerprint density at radius 3 is 1.63 bits per heavy atom. The minimum Gasteiger partial charge on any atom is -0.427 e. The molecule has 0 saturated carbocycles. The number of anilines is 1. The quantitative estimate of drug-likeness (QED) is 0.316. The number of esters is 2. The fraction of sp³-hybridized carbons (Fsp3) is 0.130. The highest BCUT2D eigenvalue weighted by Gasteiger charge is 2.09. The van der Waals surface area contributed by atoms with E-state index in [1.165, 1.54) is 6.92 Å². The molecule has 3 aromatic carbocycles. The molecule has 0 saturated heterocycles. The number of hydrogen-bond acceptors (Lipinski definition) is 7. The summed E-state index contributed by atoms with van der Waals surface area (Å²) in [7, 11) is 3.95. The highest BCUT2D eigenvalue weighted by atomic mass is 16.5. The lowest BCUT2D eigenvalue weighted by atomic mass is 10.2. The van der Waals surface area contributed by atoms with Gasteiger partial charge >= 0.3 is 11.9 Å². The predicted octanol–water partition coefficient (Wildman–Crippen LogP) is 5.31. The van der Waals surface area contributed by atoms with E-state index in [2.05, 4.69) is 10.2 Å². The van der Waals surface area contributed by atoms with Crippen molar-refractivity contribution >= 4 is 29.0 Å². The molecule has 0 heterocycles. The Labute approximate surface area is 174 Å². The van der Waals surface area contributed by atoms with Crippen molar-refractivity contribution in [2.75, 3.05) is 19.0 Å². The first kappa shape index (κ1) is 20.7. The van der Waals surface area contributed by atoms with Gasteiger partial charge in [0.05, 0.1) is 16.9 Å². The van der Waals surface area contributed by atoms with Gasteiger partial charge in [-0.25, -0.2) is 4.79 Å².